The fraction of sp³-hybridized carbons (Fsp3) is 0.500. The molecule has 1 aliphatic heterocycles. The number of hydrogen-bond acceptors (Lipinski definition) is 3. The molecule has 0 aromatic heterocycles. The number of sulfonamides is 1. The van der Waals surface area contributed by atoms with Gasteiger partial charge in [0.15, 0.2) is 0 Å². The number of hydrogen-bond donors (Lipinski definition) is 1. The lowest BCUT2D eigenvalue weighted by atomic mass is 10.0. The summed E-state index contributed by atoms with van der Waals surface area (Å²) in [5, 5.41) is 0. The first-order valence-corrected chi connectivity index (χ1v) is 9.47. The van der Waals surface area contributed by atoms with E-state index in [1.165, 1.54) is 0 Å². The Morgan fingerprint density at radius 1 is 1.33 bits per heavy atom. The maximum Gasteiger partial charge on any atom is 0.253 e. The highest BCUT2D eigenvalue weighted by molar-refractivity contribution is 9.10. The summed E-state index contributed by atoms with van der Waals surface area (Å²) in [6.07, 6.45) is 2.45. The van der Waals surface area contributed by atoms with E-state index in [0.29, 0.717) is 31.5 Å². The molecule has 1 saturated heterocycles. The van der Waals surface area contributed by atoms with Crippen LogP contribution >= 0.6 is 15.9 Å². The second-order valence-corrected chi connectivity index (χ2v) is 8.05. The molecule has 5 nitrogen and oxygen atoms in total. The van der Waals surface area contributed by atoms with E-state index < -0.39 is 10.0 Å². The van der Waals surface area contributed by atoms with E-state index in [4.69, 9.17) is 0 Å². The van der Waals surface area contributed by atoms with Crippen molar-refractivity contribution in [3.63, 3.8) is 0 Å². The van der Waals surface area contributed by atoms with Crippen molar-refractivity contribution < 1.29 is 13.2 Å². The molecule has 0 aliphatic carbocycles. The molecule has 0 atom stereocenters. The van der Waals surface area contributed by atoms with Crippen molar-refractivity contribution in [1.29, 1.82) is 0 Å². The summed E-state index contributed by atoms with van der Waals surface area (Å²) in [7, 11) is -3.18. The molecule has 0 spiro atoms. The molecule has 0 radical (unpaired) electrons. The summed E-state index contributed by atoms with van der Waals surface area (Å²) in [5.41, 5.74) is 1.74. The standard InChI is InChI=1S/C14H19BrN2O3S/c1-10-3-4-11(9-13(10)15)14(18)17-7-5-12(6-8-17)16-21(2,19)20/h3-4,9,12,16H,5-8H2,1-2H3. The van der Waals surface area contributed by atoms with E-state index in [-0.39, 0.29) is 11.9 Å². The van der Waals surface area contributed by atoms with Crippen LogP contribution in [0, 0.1) is 6.92 Å². The molecular formula is C14H19BrN2O3S. The average Bonchev–Trinajstić information content (AvgIpc) is 2.40. The molecule has 116 valence electrons. The molecular weight excluding hydrogens is 356 g/mol. The second-order valence-electron chi connectivity index (χ2n) is 5.42. The molecule has 0 unspecified atom stereocenters. The zero-order valence-electron chi connectivity index (χ0n) is 12.1. The van der Waals surface area contributed by atoms with Crippen LogP contribution in [-0.2, 0) is 10.0 Å². The monoisotopic (exact) mass is 374 g/mol. The SMILES string of the molecule is Cc1ccc(C(=O)N2CCC(NS(C)(=O)=O)CC2)cc1Br. The lowest BCUT2D eigenvalue weighted by molar-refractivity contribution is 0.0711. The predicted octanol–water partition coefficient (Wildman–Crippen LogP) is 1.91. The Balaban J connectivity index is 1.98. The zero-order valence-corrected chi connectivity index (χ0v) is 14.5. The number of nitrogens with one attached hydrogen (secondary N) is 1. The van der Waals surface area contributed by atoms with E-state index in [9.17, 15) is 13.2 Å². The van der Waals surface area contributed by atoms with E-state index in [1.54, 1.807) is 4.90 Å². The number of amides is 1. The molecule has 0 saturated carbocycles. The molecule has 1 aromatic rings. The van der Waals surface area contributed by atoms with Gasteiger partial charge in [-0.25, -0.2) is 13.1 Å². The lowest BCUT2D eigenvalue weighted by Gasteiger charge is -2.32. The Kier molecular flexibility index (Phi) is 5.06. The van der Waals surface area contributed by atoms with Gasteiger partial charge in [-0.15, -0.1) is 0 Å². The smallest absolute Gasteiger partial charge is 0.253 e. The number of aryl methyl sites for hydroxylation is 1. The summed E-state index contributed by atoms with van der Waals surface area (Å²) in [6.45, 7) is 3.11. The van der Waals surface area contributed by atoms with Gasteiger partial charge < -0.3 is 4.90 Å². The third-order valence-electron chi connectivity index (χ3n) is 3.58. The van der Waals surface area contributed by atoms with Gasteiger partial charge in [0.2, 0.25) is 10.0 Å². The van der Waals surface area contributed by atoms with Gasteiger partial charge in [-0.05, 0) is 37.5 Å². The van der Waals surface area contributed by atoms with Crippen LogP contribution in [0.3, 0.4) is 0 Å². The normalized spacial score (nSPS) is 17.0. The number of likely N-dealkylation sites (tertiary alicyclic amines) is 1. The van der Waals surface area contributed by atoms with Gasteiger partial charge in [0, 0.05) is 29.2 Å². The van der Waals surface area contributed by atoms with Crippen LogP contribution < -0.4 is 4.72 Å². The van der Waals surface area contributed by atoms with Crippen LogP contribution in [0.15, 0.2) is 22.7 Å². The van der Waals surface area contributed by atoms with Crippen molar-refractivity contribution in [2.24, 2.45) is 0 Å². The topological polar surface area (TPSA) is 66.5 Å². The molecule has 2 rings (SSSR count). The second kappa shape index (κ2) is 6.46. The van der Waals surface area contributed by atoms with Gasteiger partial charge in [-0.1, -0.05) is 22.0 Å². The molecule has 1 heterocycles. The van der Waals surface area contributed by atoms with Gasteiger partial charge >= 0.3 is 0 Å². The third-order valence-corrected chi connectivity index (χ3v) is 5.20. The van der Waals surface area contributed by atoms with Gasteiger partial charge in [0.1, 0.15) is 0 Å². The Morgan fingerprint density at radius 2 is 1.95 bits per heavy atom. The first kappa shape index (κ1) is 16.5. The van der Waals surface area contributed by atoms with E-state index in [2.05, 4.69) is 20.7 Å². The number of halogens is 1. The quantitative estimate of drug-likeness (QED) is 0.878. The van der Waals surface area contributed by atoms with Crippen molar-refractivity contribution in [1.82, 2.24) is 9.62 Å². The average molecular weight is 375 g/mol. The van der Waals surface area contributed by atoms with Crippen LogP contribution in [0.1, 0.15) is 28.8 Å². The minimum absolute atomic E-state index is 0.00601. The number of carbonyl (C=O) groups is 1. The Bertz CT molecular complexity index is 638. The number of rotatable bonds is 3. The highest BCUT2D eigenvalue weighted by Crippen LogP contribution is 2.20. The fourth-order valence-electron chi connectivity index (χ4n) is 2.41. The molecule has 7 heteroatoms. The lowest BCUT2D eigenvalue weighted by Crippen LogP contribution is -2.46. The van der Waals surface area contributed by atoms with E-state index in [0.717, 1.165) is 16.3 Å². The zero-order chi connectivity index (χ0) is 15.6. The fourth-order valence-corrected chi connectivity index (χ4v) is 3.63. The number of piperidine rings is 1. The Hall–Kier alpha value is -0.920. The minimum Gasteiger partial charge on any atom is -0.339 e. The molecule has 1 amide bonds. The van der Waals surface area contributed by atoms with Gasteiger partial charge in [-0.3, -0.25) is 4.79 Å². The summed E-state index contributed by atoms with van der Waals surface area (Å²) < 4.78 is 25.9. The van der Waals surface area contributed by atoms with Crippen LogP contribution in [0.2, 0.25) is 0 Å². The minimum atomic E-state index is -3.18. The summed E-state index contributed by atoms with van der Waals surface area (Å²) in [5.74, 6) is -0.00601. The molecule has 21 heavy (non-hydrogen) atoms. The van der Waals surface area contributed by atoms with E-state index >= 15 is 0 Å². The number of carbonyl (C=O) groups excluding carboxylic acids is 1. The summed E-state index contributed by atoms with van der Waals surface area (Å²) >= 11 is 3.43. The highest BCUT2D eigenvalue weighted by Gasteiger charge is 2.25. The third kappa shape index (κ3) is 4.52. The molecule has 1 aliphatic rings. The summed E-state index contributed by atoms with van der Waals surface area (Å²) in [4.78, 5) is 14.2. The Morgan fingerprint density at radius 3 is 2.48 bits per heavy atom. The molecule has 1 aromatic carbocycles. The van der Waals surface area contributed by atoms with Crippen molar-refractivity contribution in [2.75, 3.05) is 19.3 Å². The molecule has 0 bridgehead atoms. The van der Waals surface area contributed by atoms with Crippen molar-refractivity contribution in [2.45, 2.75) is 25.8 Å². The van der Waals surface area contributed by atoms with Crippen molar-refractivity contribution in [3.05, 3.63) is 33.8 Å². The van der Waals surface area contributed by atoms with Crippen molar-refractivity contribution in [3.8, 4) is 0 Å². The first-order valence-electron chi connectivity index (χ1n) is 6.79. The highest BCUT2D eigenvalue weighted by atomic mass is 79.9. The molecule has 1 fully saturated rings. The summed E-state index contributed by atoms with van der Waals surface area (Å²) in [6, 6.07) is 5.49. The van der Waals surface area contributed by atoms with Crippen LogP contribution in [0.4, 0.5) is 0 Å². The first-order chi connectivity index (χ1) is 9.76. The number of nitrogens with zero attached hydrogens (tertiary/aromatic N) is 1. The number of benzene rings is 1. The van der Waals surface area contributed by atoms with Gasteiger partial charge in [0.25, 0.3) is 5.91 Å². The largest absolute Gasteiger partial charge is 0.339 e. The maximum absolute atomic E-state index is 12.4. The maximum atomic E-state index is 12.4. The predicted molar refractivity (Wildman–Crippen MR) is 85.8 cm³/mol. The van der Waals surface area contributed by atoms with Crippen LogP contribution in [-0.4, -0.2) is 44.6 Å². The molecule has 1 N–H and O–H groups in total. The van der Waals surface area contributed by atoms with Gasteiger partial charge in [0.05, 0.1) is 6.26 Å². The van der Waals surface area contributed by atoms with Crippen LogP contribution in [0.5, 0.6) is 0 Å². The Labute approximate surface area is 133 Å². The van der Waals surface area contributed by atoms with E-state index in [1.807, 2.05) is 25.1 Å². The van der Waals surface area contributed by atoms with Gasteiger partial charge in [-0.2, -0.15) is 0 Å². The van der Waals surface area contributed by atoms with Crippen molar-refractivity contribution >= 4 is 31.9 Å². The van der Waals surface area contributed by atoms with Crippen LogP contribution in [0.25, 0.3) is 0 Å².